The number of nitrogen functional groups attached to an aromatic ring is 1. The molecule has 0 bridgehead atoms. The largest absolute Gasteiger partial charge is 0.399 e. The van der Waals surface area contributed by atoms with Crippen LogP contribution in [0.5, 0.6) is 0 Å². The second kappa shape index (κ2) is 6.67. The van der Waals surface area contributed by atoms with Crippen molar-refractivity contribution < 1.29 is 13.6 Å². The number of carbonyl (C=O) groups excluding carboxylic acids is 1. The summed E-state index contributed by atoms with van der Waals surface area (Å²) in [5.41, 5.74) is 7.13. The smallest absolute Gasteiger partial charge is 0.224 e. The molecule has 0 radical (unpaired) electrons. The molecule has 0 unspecified atom stereocenters. The zero-order valence-corrected chi connectivity index (χ0v) is 12.6. The lowest BCUT2D eigenvalue weighted by molar-refractivity contribution is -0.116. The zero-order chi connectivity index (χ0) is 15.4. The van der Waals surface area contributed by atoms with Crippen molar-refractivity contribution >= 4 is 33.2 Å². The van der Waals surface area contributed by atoms with Crippen molar-refractivity contribution in [3.63, 3.8) is 0 Å². The average molecular weight is 355 g/mol. The van der Waals surface area contributed by atoms with Gasteiger partial charge in [0, 0.05) is 22.6 Å². The third-order valence-corrected chi connectivity index (χ3v) is 3.49. The number of anilines is 2. The summed E-state index contributed by atoms with van der Waals surface area (Å²) in [6, 6.07) is 9.02. The van der Waals surface area contributed by atoms with E-state index in [1.165, 1.54) is 0 Å². The van der Waals surface area contributed by atoms with Gasteiger partial charge in [-0.15, -0.1) is 0 Å². The summed E-state index contributed by atoms with van der Waals surface area (Å²) in [4.78, 5) is 11.8. The first-order valence-electron chi connectivity index (χ1n) is 6.24. The van der Waals surface area contributed by atoms with E-state index in [0.717, 1.165) is 17.7 Å². The molecule has 0 aliphatic rings. The Hall–Kier alpha value is -1.95. The molecule has 21 heavy (non-hydrogen) atoms. The number of nitrogens with two attached hydrogens (primary N) is 1. The van der Waals surface area contributed by atoms with Crippen LogP contribution in [-0.2, 0) is 11.2 Å². The fourth-order valence-corrected chi connectivity index (χ4v) is 2.38. The van der Waals surface area contributed by atoms with E-state index in [9.17, 15) is 13.6 Å². The maximum Gasteiger partial charge on any atom is 0.224 e. The van der Waals surface area contributed by atoms with Crippen LogP contribution >= 0.6 is 15.9 Å². The van der Waals surface area contributed by atoms with Gasteiger partial charge in [0.05, 0.1) is 5.69 Å². The Morgan fingerprint density at radius 3 is 2.67 bits per heavy atom. The van der Waals surface area contributed by atoms with Gasteiger partial charge in [-0.3, -0.25) is 4.79 Å². The Kier molecular flexibility index (Phi) is 4.90. The van der Waals surface area contributed by atoms with Gasteiger partial charge in [-0.1, -0.05) is 12.1 Å². The molecule has 3 nitrogen and oxygen atoms in total. The van der Waals surface area contributed by atoms with E-state index in [1.807, 2.05) is 6.07 Å². The van der Waals surface area contributed by atoms with Gasteiger partial charge >= 0.3 is 0 Å². The van der Waals surface area contributed by atoms with Crippen molar-refractivity contribution in [2.75, 3.05) is 11.1 Å². The molecule has 0 saturated heterocycles. The molecule has 3 N–H and O–H groups in total. The molecule has 6 heteroatoms. The van der Waals surface area contributed by atoms with Gasteiger partial charge in [0.2, 0.25) is 5.91 Å². The highest BCUT2D eigenvalue weighted by Gasteiger charge is 2.12. The predicted octanol–water partition coefficient (Wildman–Crippen LogP) is 3.88. The maximum atomic E-state index is 13.6. The minimum atomic E-state index is -0.820. The van der Waals surface area contributed by atoms with Crippen LogP contribution in [0.15, 0.2) is 40.9 Å². The third kappa shape index (κ3) is 4.26. The average Bonchev–Trinajstić information content (AvgIpc) is 2.40. The topological polar surface area (TPSA) is 55.1 Å². The Balaban J connectivity index is 1.99. The van der Waals surface area contributed by atoms with Crippen LogP contribution in [0.2, 0.25) is 0 Å². The standard InChI is InChI=1S/C15H13BrF2N2O/c16-12-7-10(17)8-13(18)15(12)20-14(21)5-4-9-2-1-3-11(19)6-9/h1-3,6-8H,4-5,19H2,(H,20,21). The van der Waals surface area contributed by atoms with Crippen LogP contribution in [0.1, 0.15) is 12.0 Å². The summed E-state index contributed by atoms with van der Waals surface area (Å²) in [6.07, 6.45) is 0.657. The number of hydrogen-bond acceptors (Lipinski definition) is 2. The van der Waals surface area contributed by atoms with Crippen molar-refractivity contribution in [3.8, 4) is 0 Å². The first-order valence-corrected chi connectivity index (χ1v) is 7.04. The number of amides is 1. The quantitative estimate of drug-likeness (QED) is 0.818. The number of carbonyl (C=O) groups is 1. The molecule has 110 valence electrons. The number of nitrogens with one attached hydrogen (secondary N) is 1. The van der Waals surface area contributed by atoms with Crippen molar-refractivity contribution in [1.82, 2.24) is 0 Å². The van der Waals surface area contributed by atoms with Crippen LogP contribution in [-0.4, -0.2) is 5.91 Å². The minimum absolute atomic E-state index is 0.0611. The van der Waals surface area contributed by atoms with E-state index in [1.54, 1.807) is 18.2 Å². The number of halogens is 3. The minimum Gasteiger partial charge on any atom is -0.399 e. The highest BCUT2D eigenvalue weighted by Crippen LogP contribution is 2.27. The summed E-state index contributed by atoms with van der Waals surface area (Å²) in [7, 11) is 0. The summed E-state index contributed by atoms with van der Waals surface area (Å²) in [6.45, 7) is 0. The fraction of sp³-hybridized carbons (Fsp3) is 0.133. The van der Waals surface area contributed by atoms with Crippen molar-refractivity contribution in [2.45, 2.75) is 12.8 Å². The monoisotopic (exact) mass is 354 g/mol. The predicted molar refractivity (Wildman–Crippen MR) is 81.9 cm³/mol. The zero-order valence-electron chi connectivity index (χ0n) is 11.0. The van der Waals surface area contributed by atoms with Gasteiger partial charge in [0.1, 0.15) is 5.82 Å². The number of hydrogen-bond donors (Lipinski definition) is 2. The Morgan fingerprint density at radius 2 is 2.00 bits per heavy atom. The molecule has 2 rings (SSSR count). The lowest BCUT2D eigenvalue weighted by atomic mass is 10.1. The normalized spacial score (nSPS) is 10.4. The maximum absolute atomic E-state index is 13.6. The molecule has 2 aromatic carbocycles. The van der Waals surface area contributed by atoms with Crippen LogP contribution in [0.25, 0.3) is 0 Å². The van der Waals surface area contributed by atoms with Gasteiger partial charge in [0.15, 0.2) is 5.82 Å². The Bertz CT molecular complexity index is 653. The third-order valence-electron chi connectivity index (χ3n) is 2.86. The Labute approximate surface area is 129 Å². The lowest BCUT2D eigenvalue weighted by Gasteiger charge is -2.09. The molecule has 0 aliphatic carbocycles. The number of benzene rings is 2. The number of aryl methyl sites for hydroxylation is 1. The molecule has 2 aromatic rings. The second-order valence-corrected chi connectivity index (χ2v) is 5.39. The van der Waals surface area contributed by atoms with Gasteiger partial charge in [-0.05, 0) is 46.1 Å². The van der Waals surface area contributed by atoms with E-state index in [-0.39, 0.29) is 22.5 Å². The first-order chi connectivity index (χ1) is 9.95. The van der Waals surface area contributed by atoms with E-state index < -0.39 is 11.6 Å². The molecule has 0 aromatic heterocycles. The van der Waals surface area contributed by atoms with Crippen LogP contribution < -0.4 is 11.1 Å². The Morgan fingerprint density at radius 1 is 1.24 bits per heavy atom. The molecule has 0 aliphatic heterocycles. The van der Waals surface area contributed by atoms with Crippen LogP contribution in [0.3, 0.4) is 0 Å². The molecule has 0 fully saturated rings. The number of rotatable bonds is 4. The fourth-order valence-electron chi connectivity index (χ4n) is 1.87. The molecule has 1 amide bonds. The molecular formula is C15H13BrF2N2O. The SMILES string of the molecule is Nc1cccc(CCC(=O)Nc2c(F)cc(F)cc2Br)c1. The molecule has 0 saturated carbocycles. The van der Waals surface area contributed by atoms with Gasteiger partial charge in [-0.2, -0.15) is 0 Å². The van der Waals surface area contributed by atoms with E-state index in [4.69, 9.17) is 5.73 Å². The summed E-state index contributed by atoms with van der Waals surface area (Å²) in [5, 5.41) is 2.43. The van der Waals surface area contributed by atoms with Gasteiger partial charge in [0.25, 0.3) is 0 Å². The summed E-state index contributed by atoms with van der Waals surface area (Å²) in [5.74, 6) is -1.89. The first kappa shape index (κ1) is 15.4. The van der Waals surface area contributed by atoms with E-state index >= 15 is 0 Å². The van der Waals surface area contributed by atoms with Gasteiger partial charge in [-0.25, -0.2) is 8.78 Å². The lowest BCUT2D eigenvalue weighted by Crippen LogP contribution is -2.14. The second-order valence-electron chi connectivity index (χ2n) is 4.54. The molecule has 0 heterocycles. The highest BCUT2D eigenvalue weighted by atomic mass is 79.9. The van der Waals surface area contributed by atoms with Crippen LogP contribution in [0.4, 0.5) is 20.2 Å². The van der Waals surface area contributed by atoms with Gasteiger partial charge < -0.3 is 11.1 Å². The summed E-state index contributed by atoms with van der Waals surface area (Å²) < 4.78 is 26.7. The van der Waals surface area contributed by atoms with Crippen molar-refractivity contribution in [3.05, 3.63) is 58.1 Å². The van der Waals surface area contributed by atoms with E-state index in [0.29, 0.717) is 12.1 Å². The van der Waals surface area contributed by atoms with Crippen LogP contribution in [0, 0.1) is 11.6 Å². The summed E-state index contributed by atoms with van der Waals surface area (Å²) >= 11 is 3.02. The van der Waals surface area contributed by atoms with Crippen molar-refractivity contribution in [2.24, 2.45) is 0 Å². The molecule has 0 atom stereocenters. The molecule has 0 spiro atoms. The van der Waals surface area contributed by atoms with E-state index in [2.05, 4.69) is 21.2 Å². The van der Waals surface area contributed by atoms with Crippen molar-refractivity contribution in [1.29, 1.82) is 0 Å². The highest BCUT2D eigenvalue weighted by molar-refractivity contribution is 9.10. The molecular weight excluding hydrogens is 342 g/mol.